The SMILES string of the molecule is CCOCCNCC1CC1C. The molecule has 0 aromatic heterocycles. The Balaban J connectivity index is 1.74. The lowest BCUT2D eigenvalue weighted by molar-refractivity contribution is 0.149. The highest BCUT2D eigenvalue weighted by atomic mass is 16.5. The summed E-state index contributed by atoms with van der Waals surface area (Å²) in [6.07, 6.45) is 1.42. The average molecular weight is 157 g/mol. The van der Waals surface area contributed by atoms with Gasteiger partial charge in [0.05, 0.1) is 6.61 Å². The molecular weight excluding hydrogens is 138 g/mol. The Bertz CT molecular complexity index is 106. The minimum Gasteiger partial charge on any atom is -0.380 e. The van der Waals surface area contributed by atoms with Crippen molar-refractivity contribution in [3.63, 3.8) is 0 Å². The fourth-order valence-electron chi connectivity index (χ4n) is 1.26. The summed E-state index contributed by atoms with van der Waals surface area (Å²) in [6, 6.07) is 0. The molecule has 66 valence electrons. The molecule has 1 aliphatic carbocycles. The molecule has 2 unspecified atom stereocenters. The quantitative estimate of drug-likeness (QED) is 0.586. The zero-order chi connectivity index (χ0) is 8.10. The molecule has 0 aliphatic heterocycles. The predicted molar refractivity (Wildman–Crippen MR) is 46.6 cm³/mol. The van der Waals surface area contributed by atoms with Crippen LogP contribution in [0.4, 0.5) is 0 Å². The van der Waals surface area contributed by atoms with Crippen LogP contribution in [-0.4, -0.2) is 26.3 Å². The van der Waals surface area contributed by atoms with Gasteiger partial charge in [0.15, 0.2) is 0 Å². The maximum Gasteiger partial charge on any atom is 0.0590 e. The molecule has 0 spiro atoms. The van der Waals surface area contributed by atoms with Crippen LogP contribution in [0.5, 0.6) is 0 Å². The van der Waals surface area contributed by atoms with Crippen LogP contribution in [0.15, 0.2) is 0 Å². The largest absolute Gasteiger partial charge is 0.380 e. The van der Waals surface area contributed by atoms with E-state index in [2.05, 4.69) is 12.2 Å². The molecule has 0 aromatic carbocycles. The maximum atomic E-state index is 5.20. The number of nitrogens with one attached hydrogen (secondary N) is 1. The van der Waals surface area contributed by atoms with Crippen molar-refractivity contribution >= 4 is 0 Å². The normalized spacial score (nSPS) is 28.9. The van der Waals surface area contributed by atoms with Gasteiger partial charge in [0.25, 0.3) is 0 Å². The van der Waals surface area contributed by atoms with Gasteiger partial charge in [-0.3, -0.25) is 0 Å². The molecule has 1 N–H and O–H groups in total. The summed E-state index contributed by atoms with van der Waals surface area (Å²) in [4.78, 5) is 0. The summed E-state index contributed by atoms with van der Waals surface area (Å²) < 4.78 is 5.20. The second kappa shape index (κ2) is 4.73. The third-order valence-corrected chi connectivity index (χ3v) is 2.31. The highest BCUT2D eigenvalue weighted by Crippen LogP contribution is 2.36. The van der Waals surface area contributed by atoms with E-state index in [4.69, 9.17) is 4.74 Å². The van der Waals surface area contributed by atoms with E-state index in [0.29, 0.717) is 0 Å². The molecule has 0 radical (unpaired) electrons. The van der Waals surface area contributed by atoms with Gasteiger partial charge < -0.3 is 10.1 Å². The Morgan fingerprint density at radius 2 is 2.27 bits per heavy atom. The van der Waals surface area contributed by atoms with Crippen LogP contribution in [0.25, 0.3) is 0 Å². The zero-order valence-corrected chi connectivity index (χ0v) is 7.60. The monoisotopic (exact) mass is 157 g/mol. The van der Waals surface area contributed by atoms with Gasteiger partial charge in [-0.1, -0.05) is 6.92 Å². The number of hydrogen-bond donors (Lipinski definition) is 1. The summed E-state index contributed by atoms with van der Waals surface area (Å²) in [5, 5.41) is 3.39. The van der Waals surface area contributed by atoms with Crippen molar-refractivity contribution in [2.24, 2.45) is 11.8 Å². The summed E-state index contributed by atoms with van der Waals surface area (Å²) in [6.45, 7) is 8.24. The predicted octanol–water partition coefficient (Wildman–Crippen LogP) is 1.27. The van der Waals surface area contributed by atoms with E-state index in [-0.39, 0.29) is 0 Å². The second-order valence-corrected chi connectivity index (χ2v) is 3.37. The molecule has 2 atom stereocenters. The van der Waals surface area contributed by atoms with Gasteiger partial charge in [-0.2, -0.15) is 0 Å². The second-order valence-electron chi connectivity index (χ2n) is 3.37. The van der Waals surface area contributed by atoms with E-state index in [0.717, 1.165) is 31.6 Å². The minimum atomic E-state index is 0.835. The number of ether oxygens (including phenoxy) is 1. The van der Waals surface area contributed by atoms with Crippen molar-refractivity contribution in [1.29, 1.82) is 0 Å². The minimum absolute atomic E-state index is 0.835. The van der Waals surface area contributed by atoms with E-state index in [9.17, 15) is 0 Å². The van der Waals surface area contributed by atoms with E-state index in [1.54, 1.807) is 0 Å². The molecule has 1 saturated carbocycles. The lowest BCUT2D eigenvalue weighted by atomic mass is 10.3. The number of hydrogen-bond acceptors (Lipinski definition) is 2. The zero-order valence-electron chi connectivity index (χ0n) is 7.60. The highest BCUT2D eigenvalue weighted by molar-refractivity contribution is 4.83. The van der Waals surface area contributed by atoms with E-state index in [1.807, 2.05) is 6.92 Å². The van der Waals surface area contributed by atoms with Crippen LogP contribution in [0.1, 0.15) is 20.3 Å². The van der Waals surface area contributed by atoms with Crippen molar-refractivity contribution in [2.45, 2.75) is 20.3 Å². The molecular formula is C9H19NO. The average Bonchev–Trinajstić information content (AvgIpc) is 2.67. The topological polar surface area (TPSA) is 21.3 Å². The van der Waals surface area contributed by atoms with Crippen LogP contribution in [-0.2, 0) is 4.74 Å². The molecule has 2 nitrogen and oxygen atoms in total. The van der Waals surface area contributed by atoms with Crippen LogP contribution in [0.2, 0.25) is 0 Å². The third-order valence-electron chi connectivity index (χ3n) is 2.31. The van der Waals surface area contributed by atoms with Crippen molar-refractivity contribution in [2.75, 3.05) is 26.3 Å². The smallest absolute Gasteiger partial charge is 0.0590 e. The summed E-state index contributed by atoms with van der Waals surface area (Å²) >= 11 is 0. The lowest BCUT2D eigenvalue weighted by Crippen LogP contribution is -2.22. The van der Waals surface area contributed by atoms with Crippen LogP contribution in [0.3, 0.4) is 0 Å². The Kier molecular flexibility index (Phi) is 3.87. The Labute approximate surface area is 69.3 Å². The Hall–Kier alpha value is -0.0800. The van der Waals surface area contributed by atoms with Gasteiger partial charge in [-0.25, -0.2) is 0 Å². The first-order chi connectivity index (χ1) is 5.34. The van der Waals surface area contributed by atoms with Gasteiger partial charge in [0.2, 0.25) is 0 Å². The molecule has 1 aliphatic rings. The highest BCUT2D eigenvalue weighted by Gasteiger charge is 2.31. The van der Waals surface area contributed by atoms with Crippen molar-refractivity contribution in [3.05, 3.63) is 0 Å². The van der Waals surface area contributed by atoms with E-state index >= 15 is 0 Å². The van der Waals surface area contributed by atoms with Gasteiger partial charge in [-0.15, -0.1) is 0 Å². The summed E-state index contributed by atoms with van der Waals surface area (Å²) in [5.41, 5.74) is 0. The standard InChI is InChI=1S/C9H19NO/c1-3-11-5-4-10-7-9-6-8(9)2/h8-10H,3-7H2,1-2H3. The molecule has 2 heteroatoms. The maximum absolute atomic E-state index is 5.20. The van der Waals surface area contributed by atoms with Gasteiger partial charge in [0, 0.05) is 13.2 Å². The van der Waals surface area contributed by atoms with E-state index in [1.165, 1.54) is 13.0 Å². The van der Waals surface area contributed by atoms with Gasteiger partial charge in [0.1, 0.15) is 0 Å². The molecule has 0 aromatic rings. The fraction of sp³-hybridized carbons (Fsp3) is 1.00. The molecule has 0 heterocycles. The van der Waals surface area contributed by atoms with Crippen molar-refractivity contribution < 1.29 is 4.74 Å². The molecule has 0 saturated heterocycles. The number of rotatable bonds is 6. The van der Waals surface area contributed by atoms with Crippen LogP contribution >= 0.6 is 0 Å². The summed E-state index contributed by atoms with van der Waals surface area (Å²) in [5.74, 6) is 1.92. The molecule has 0 bridgehead atoms. The van der Waals surface area contributed by atoms with E-state index < -0.39 is 0 Å². The first-order valence-electron chi connectivity index (χ1n) is 4.63. The van der Waals surface area contributed by atoms with Crippen molar-refractivity contribution in [1.82, 2.24) is 5.32 Å². The van der Waals surface area contributed by atoms with Gasteiger partial charge >= 0.3 is 0 Å². The van der Waals surface area contributed by atoms with Gasteiger partial charge in [-0.05, 0) is 31.7 Å². The molecule has 0 amide bonds. The first-order valence-corrected chi connectivity index (χ1v) is 4.63. The van der Waals surface area contributed by atoms with Crippen molar-refractivity contribution in [3.8, 4) is 0 Å². The Morgan fingerprint density at radius 3 is 2.82 bits per heavy atom. The third kappa shape index (κ3) is 3.73. The first kappa shape index (κ1) is 9.01. The lowest BCUT2D eigenvalue weighted by Gasteiger charge is -2.02. The Morgan fingerprint density at radius 1 is 1.55 bits per heavy atom. The van der Waals surface area contributed by atoms with Crippen LogP contribution in [0, 0.1) is 11.8 Å². The molecule has 1 fully saturated rings. The fourth-order valence-corrected chi connectivity index (χ4v) is 1.26. The molecule has 1 rings (SSSR count). The molecule has 11 heavy (non-hydrogen) atoms. The van der Waals surface area contributed by atoms with Crippen LogP contribution < -0.4 is 5.32 Å². The summed E-state index contributed by atoms with van der Waals surface area (Å²) in [7, 11) is 0.